The van der Waals surface area contributed by atoms with Gasteiger partial charge in [0.2, 0.25) is 0 Å². The molecule has 16 heavy (non-hydrogen) atoms. The number of anilines is 1. The van der Waals surface area contributed by atoms with Gasteiger partial charge in [-0.3, -0.25) is 0 Å². The lowest BCUT2D eigenvalue weighted by molar-refractivity contribution is 1.14. The highest BCUT2D eigenvalue weighted by Crippen LogP contribution is 2.22. The van der Waals surface area contributed by atoms with Crippen LogP contribution in [-0.4, -0.2) is 9.97 Å². The standard InChI is InChI=1S/C13H15N3/c1-8-4-5-9(2)11(6-8)13-15-7-10(3)12(14)16-13/h4-7H,1-3H3,(H2,14,15,16). The molecule has 2 aromatic rings. The van der Waals surface area contributed by atoms with Crippen molar-refractivity contribution in [3.05, 3.63) is 41.1 Å². The zero-order chi connectivity index (χ0) is 11.7. The second-order valence-corrected chi connectivity index (χ2v) is 4.08. The highest BCUT2D eigenvalue weighted by Gasteiger charge is 2.06. The number of aromatic nitrogens is 2. The van der Waals surface area contributed by atoms with E-state index in [1.807, 2.05) is 13.8 Å². The monoisotopic (exact) mass is 213 g/mol. The first-order valence-electron chi connectivity index (χ1n) is 5.24. The van der Waals surface area contributed by atoms with Crippen molar-refractivity contribution < 1.29 is 0 Å². The van der Waals surface area contributed by atoms with Crippen LogP contribution in [0.1, 0.15) is 16.7 Å². The van der Waals surface area contributed by atoms with Crippen LogP contribution in [-0.2, 0) is 0 Å². The lowest BCUT2D eigenvalue weighted by Gasteiger charge is -2.07. The van der Waals surface area contributed by atoms with E-state index in [0.717, 1.165) is 16.7 Å². The fourth-order valence-corrected chi connectivity index (χ4v) is 1.56. The maximum absolute atomic E-state index is 5.79. The van der Waals surface area contributed by atoms with Crippen LogP contribution in [0, 0.1) is 20.8 Å². The Hall–Kier alpha value is -1.90. The third kappa shape index (κ3) is 1.89. The number of nitrogens with zero attached hydrogens (tertiary/aromatic N) is 2. The molecule has 0 aliphatic rings. The lowest BCUT2D eigenvalue weighted by atomic mass is 10.1. The average molecular weight is 213 g/mol. The first-order valence-corrected chi connectivity index (χ1v) is 5.24. The molecule has 0 unspecified atom stereocenters. The highest BCUT2D eigenvalue weighted by atomic mass is 14.9. The van der Waals surface area contributed by atoms with Gasteiger partial charge in [-0.1, -0.05) is 17.7 Å². The highest BCUT2D eigenvalue weighted by molar-refractivity contribution is 5.62. The van der Waals surface area contributed by atoms with Gasteiger partial charge in [-0.25, -0.2) is 9.97 Å². The molecule has 0 spiro atoms. The molecule has 1 aromatic heterocycles. The van der Waals surface area contributed by atoms with E-state index >= 15 is 0 Å². The summed E-state index contributed by atoms with van der Waals surface area (Å²) in [5.74, 6) is 1.25. The number of rotatable bonds is 1. The normalized spacial score (nSPS) is 10.4. The van der Waals surface area contributed by atoms with Gasteiger partial charge < -0.3 is 5.73 Å². The molecule has 0 amide bonds. The van der Waals surface area contributed by atoms with Gasteiger partial charge in [0.25, 0.3) is 0 Å². The quantitative estimate of drug-likeness (QED) is 0.792. The summed E-state index contributed by atoms with van der Waals surface area (Å²) in [5.41, 5.74) is 10.1. The molecule has 0 aliphatic heterocycles. The molecule has 0 saturated heterocycles. The summed E-state index contributed by atoms with van der Waals surface area (Å²) < 4.78 is 0. The Labute approximate surface area is 95.4 Å². The van der Waals surface area contributed by atoms with Crippen molar-refractivity contribution >= 4 is 5.82 Å². The number of hydrogen-bond donors (Lipinski definition) is 1. The molecular weight excluding hydrogens is 198 g/mol. The first-order chi connectivity index (χ1) is 7.58. The van der Waals surface area contributed by atoms with Gasteiger partial charge in [0, 0.05) is 17.3 Å². The molecule has 1 heterocycles. The van der Waals surface area contributed by atoms with E-state index in [-0.39, 0.29) is 0 Å². The van der Waals surface area contributed by atoms with Crippen molar-refractivity contribution in [3.63, 3.8) is 0 Å². The van der Waals surface area contributed by atoms with E-state index in [9.17, 15) is 0 Å². The Kier molecular flexibility index (Phi) is 2.60. The zero-order valence-electron chi connectivity index (χ0n) is 9.78. The zero-order valence-corrected chi connectivity index (χ0v) is 9.78. The molecule has 3 nitrogen and oxygen atoms in total. The third-order valence-corrected chi connectivity index (χ3v) is 2.64. The molecular formula is C13H15N3. The molecule has 0 saturated carbocycles. The molecule has 1 aromatic carbocycles. The Morgan fingerprint density at radius 2 is 1.81 bits per heavy atom. The predicted molar refractivity (Wildman–Crippen MR) is 66.1 cm³/mol. The minimum absolute atomic E-state index is 0.547. The van der Waals surface area contributed by atoms with E-state index in [4.69, 9.17) is 5.73 Å². The molecule has 82 valence electrons. The van der Waals surface area contributed by atoms with Crippen molar-refractivity contribution in [1.29, 1.82) is 0 Å². The van der Waals surface area contributed by atoms with Crippen LogP contribution < -0.4 is 5.73 Å². The van der Waals surface area contributed by atoms with E-state index < -0.39 is 0 Å². The Balaban J connectivity index is 2.58. The van der Waals surface area contributed by atoms with E-state index in [2.05, 4.69) is 35.1 Å². The van der Waals surface area contributed by atoms with Crippen molar-refractivity contribution in [2.75, 3.05) is 5.73 Å². The molecule has 0 atom stereocenters. The molecule has 0 bridgehead atoms. The van der Waals surface area contributed by atoms with Gasteiger partial charge in [0.15, 0.2) is 5.82 Å². The molecule has 0 radical (unpaired) electrons. The van der Waals surface area contributed by atoms with Crippen molar-refractivity contribution in [2.45, 2.75) is 20.8 Å². The minimum atomic E-state index is 0.547. The summed E-state index contributed by atoms with van der Waals surface area (Å²) in [7, 11) is 0. The Morgan fingerprint density at radius 1 is 1.06 bits per heavy atom. The van der Waals surface area contributed by atoms with Crippen LogP contribution in [0.3, 0.4) is 0 Å². The minimum Gasteiger partial charge on any atom is -0.383 e. The first kappa shape index (κ1) is 10.6. The summed E-state index contributed by atoms with van der Waals surface area (Å²) in [6.45, 7) is 6.01. The molecule has 2 N–H and O–H groups in total. The van der Waals surface area contributed by atoms with Gasteiger partial charge in [0.05, 0.1) is 0 Å². The lowest BCUT2D eigenvalue weighted by Crippen LogP contribution is -1.99. The summed E-state index contributed by atoms with van der Waals surface area (Å²) >= 11 is 0. The smallest absolute Gasteiger partial charge is 0.161 e. The third-order valence-electron chi connectivity index (χ3n) is 2.64. The number of hydrogen-bond acceptors (Lipinski definition) is 3. The van der Waals surface area contributed by atoms with Crippen molar-refractivity contribution in [2.24, 2.45) is 0 Å². The van der Waals surface area contributed by atoms with E-state index in [1.54, 1.807) is 6.20 Å². The summed E-state index contributed by atoms with van der Waals surface area (Å²) in [5, 5.41) is 0. The van der Waals surface area contributed by atoms with Gasteiger partial charge in [-0.05, 0) is 32.4 Å². The Bertz CT molecular complexity index is 533. The number of nitrogen functional groups attached to an aromatic ring is 1. The van der Waals surface area contributed by atoms with Crippen molar-refractivity contribution in [3.8, 4) is 11.4 Å². The number of nitrogens with two attached hydrogens (primary N) is 1. The van der Waals surface area contributed by atoms with Crippen LogP contribution in [0.25, 0.3) is 11.4 Å². The maximum Gasteiger partial charge on any atom is 0.161 e. The largest absolute Gasteiger partial charge is 0.383 e. The van der Waals surface area contributed by atoms with E-state index in [0.29, 0.717) is 11.6 Å². The number of aryl methyl sites for hydroxylation is 3. The average Bonchev–Trinajstić information content (AvgIpc) is 2.26. The van der Waals surface area contributed by atoms with Crippen LogP contribution in [0.5, 0.6) is 0 Å². The second-order valence-electron chi connectivity index (χ2n) is 4.08. The van der Waals surface area contributed by atoms with Crippen LogP contribution in [0.4, 0.5) is 5.82 Å². The fraction of sp³-hybridized carbons (Fsp3) is 0.231. The summed E-state index contributed by atoms with van der Waals surface area (Å²) in [6, 6.07) is 6.24. The van der Waals surface area contributed by atoms with Gasteiger partial charge in [0.1, 0.15) is 5.82 Å². The van der Waals surface area contributed by atoms with E-state index in [1.165, 1.54) is 5.56 Å². The molecule has 0 aliphatic carbocycles. The SMILES string of the molecule is Cc1ccc(C)c(-c2ncc(C)c(N)n2)c1. The summed E-state index contributed by atoms with van der Waals surface area (Å²) in [4.78, 5) is 8.63. The molecule has 2 rings (SSSR count). The number of benzene rings is 1. The maximum atomic E-state index is 5.79. The molecule has 0 fully saturated rings. The van der Waals surface area contributed by atoms with Crippen molar-refractivity contribution in [1.82, 2.24) is 9.97 Å². The fourth-order valence-electron chi connectivity index (χ4n) is 1.56. The van der Waals surface area contributed by atoms with Crippen LogP contribution >= 0.6 is 0 Å². The van der Waals surface area contributed by atoms with Crippen LogP contribution in [0.15, 0.2) is 24.4 Å². The van der Waals surface area contributed by atoms with Gasteiger partial charge in [-0.15, -0.1) is 0 Å². The topological polar surface area (TPSA) is 51.8 Å². The summed E-state index contributed by atoms with van der Waals surface area (Å²) in [6.07, 6.45) is 1.76. The predicted octanol–water partition coefficient (Wildman–Crippen LogP) is 2.65. The van der Waals surface area contributed by atoms with Gasteiger partial charge in [-0.2, -0.15) is 0 Å². The second kappa shape index (κ2) is 3.93. The Morgan fingerprint density at radius 3 is 2.50 bits per heavy atom. The van der Waals surface area contributed by atoms with Crippen LogP contribution in [0.2, 0.25) is 0 Å². The van der Waals surface area contributed by atoms with Gasteiger partial charge >= 0.3 is 0 Å². The molecule has 3 heteroatoms.